The van der Waals surface area contributed by atoms with Gasteiger partial charge in [-0.05, 0) is 43.5 Å². The number of hydrogen-bond donors (Lipinski definition) is 0. The van der Waals surface area contributed by atoms with E-state index in [0.717, 1.165) is 25.5 Å². The zero-order valence-electron chi connectivity index (χ0n) is 14.1. The van der Waals surface area contributed by atoms with Crippen LogP contribution in [0.25, 0.3) is 0 Å². The Bertz CT molecular complexity index is 873. The summed E-state index contributed by atoms with van der Waals surface area (Å²) < 4.78 is 55.8. The Balaban J connectivity index is 2.34. The Hall–Kier alpha value is -1.29. The number of benzene rings is 1. The van der Waals surface area contributed by atoms with Gasteiger partial charge in [0.05, 0.1) is 30.6 Å². The Morgan fingerprint density at radius 1 is 1.12 bits per heavy atom. The average Bonchev–Trinajstić information content (AvgIpc) is 2.78. The lowest BCUT2D eigenvalue weighted by molar-refractivity contribution is 0.395. The highest BCUT2D eigenvalue weighted by atomic mass is 32.2. The maximum atomic E-state index is 11.9. The van der Waals surface area contributed by atoms with Crippen LogP contribution in [0.2, 0.25) is 0 Å². The average molecular weight is 375 g/mol. The van der Waals surface area contributed by atoms with Crippen LogP contribution in [-0.4, -0.2) is 42.5 Å². The third kappa shape index (κ3) is 3.53. The third-order valence-electron chi connectivity index (χ3n) is 4.48. The van der Waals surface area contributed by atoms with Gasteiger partial charge in [-0.15, -0.1) is 0 Å². The first-order valence-electron chi connectivity index (χ1n) is 7.35. The summed E-state index contributed by atoms with van der Waals surface area (Å²) >= 11 is 0. The highest BCUT2D eigenvalue weighted by Gasteiger charge is 2.37. The Labute approximate surface area is 143 Å². The van der Waals surface area contributed by atoms with Crippen molar-refractivity contribution in [3.8, 4) is 0 Å². The first-order chi connectivity index (χ1) is 11.1. The summed E-state index contributed by atoms with van der Waals surface area (Å²) in [4.78, 5) is 4.55. The molecule has 2 rings (SSSR count). The lowest BCUT2D eigenvalue weighted by Crippen LogP contribution is -2.28. The zero-order valence-corrected chi connectivity index (χ0v) is 15.7. The molecule has 1 aliphatic rings. The maximum absolute atomic E-state index is 11.9. The molecule has 0 amide bonds. The van der Waals surface area contributed by atoms with Gasteiger partial charge in [0.15, 0.2) is 0 Å². The minimum absolute atomic E-state index is 0.0596. The fourth-order valence-electron chi connectivity index (χ4n) is 2.81. The molecule has 0 N–H and O–H groups in total. The van der Waals surface area contributed by atoms with E-state index in [9.17, 15) is 16.8 Å². The highest BCUT2D eigenvalue weighted by molar-refractivity contribution is 7.87. The van der Waals surface area contributed by atoms with Crippen LogP contribution in [0.5, 0.6) is 0 Å². The van der Waals surface area contributed by atoms with Crippen molar-refractivity contribution in [3.05, 3.63) is 23.8 Å². The van der Waals surface area contributed by atoms with Gasteiger partial charge in [-0.2, -0.15) is 16.8 Å². The van der Waals surface area contributed by atoms with Crippen molar-refractivity contribution >= 4 is 31.6 Å². The Kier molecular flexibility index (Phi) is 5.19. The van der Waals surface area contributed by atoms with Gasteiger partial charge >= 0.3 is 0 Å². The summed E-state index contributed by atoms with van der Waals surface area (Å²) in [5.41, 5.74) is 1.74. The standard InChI is InChI=1S/C15H21NO6S2/c1-11-15(2,8-5-9-23(17,18)21-3)13-10-12(24(19,20)22-4)6-7-14(13)16-11/h6-7,10H,5,8-9H2,1-4H3. The second-order valence-electron chi connectivity index (χ2n) is 5.86. The minimum Gasteiger partial charge on any atom is -0.273 e. The molecule has 0 bridgehead atoms. The number of nitrogens with zero attached hydrogens (tertiary/aromatic N) is 1. The molecule has 24 heavy (non-hydrogen) atoms. The second kappa shape index (κ2) is 6.55. The van der Waals surface area contributed by atoms with E-state index in [1.165, 1.54) is 6.07 Å². The molecule has 0 spiro atoms. The van der Waals surface area contributed by atoms with Gasteiger partial charge in [-0.1, -0.05) is 6.92 Å². The number of fused-ring (bicyclic) bond motifs is 1. The number of aliphatic imine (C=N–C) groups is 1. The van der Waals surface area contributed by atoms with E-state index in [4.69, 9.17) is 0 Å². The van der Waals surface area contributed by atoms with Crippen LogP contribution < -0.4 is 0 Å². The van der Waals surface area contributed by atoms with Crippen LogP contribution in [-0.2, 0) is 34.0 Å². The molecule has 9 heteroatoms. The molecule has 0 aliphatic carbocycles. The van der Waals surface area contributed by atoms with Crippen molar-refractivity contribution < 1.29 is 25.2 Å². The molecule has 0 saturated heterocycles. The fourth-order valence-corrected chi connectivity index (χ4v) is 4.16. The number of rotatable bonds is 7. The molecule has 0 saturated carbocycles. The fraction of sp³-hybridized carbons (Fsp3) is 0.533. The summed E-state index contributed by atoms with van der Waals surface area (Å²) in [6.45, 7) is 3.79. The molecule has 0 fully saturated rings. The van der Waals surface area contributed by atoms with Crippen LogP contribution in [0.4, 0.5) is 5.69 Å². The first-order valence-corrected chi connectivity index (χ1v) is 10.3. The van der Waals surface area contributed by atoms with Crippen molar-refractivity contribution in [1.82, 2.24) is 0 Å². The van der Waals surface area contributed by atoms with Crippen LogP contribution in [0.15, 0.2) is 28.1 Å². The van der Waals surface area contributed by atoms with Crippen LogP contribution >= 0.6 is 0 Å². The largest absolute Gasteiger partial charge is 0.296 e. The van der Waals surface area contributed by atoms with Gasteiger partial charge in [0.25, 0.3) is 20.2 Å². The second-order valence-corrected chi connectivity index (χ2v) is 9.43. The zero-order chi connectivity index (χ0) is 18.2. The van der Waals surface area contributed by atoms with Crippen molar-refractivity contribution in [2.24, 2.45) is 4.99 Å². The van der Waals surface area contributed by atoms with Gasteiger partial charge in [0, 0.05) is 11.1 Å². The van der Waals surface area contributed by atoms with E-state index in [0.29, 0.717) is 18.5 Å². The predicted molar refractivity (Wildman–Crippen MR) is 90.8 cm³/mol. The molecule has 1 aromatic carbocycles. The van der Waals surface area contributed by atoms with Gasteiger partial charge < -0.3 is 0 Å². The van der Waals surface area contributed by atoms with E-state index >= 15 is 0 Å². The smallest absolute Gasteiger partial charge is 0.273 e. The predicted octanol–water partition coefficient (Wildman–Crippen LogP) is 2.14. The molecule has 7 nitrogen and oxygen atoms in total. The van der Waals surface area contributed by atoms with Gasteiger partial charge in [-0.25, -0.2) is 0 Å². The molecular formula is C15H21NO6S2. The molecular weight excluding hydrogens is 354 g/mol. The van der Waals surface area contributed by atoms with Crippen molar-refractivity contribution in [2.45, 2.75) is 37.0 Å². The molecule has 1 aliphatic heterocycles. The van der Waals surface area contributed by atoms with Crippen LogP contribution in [0.1, 0.15) is 32.3 Å². The molecule has 1 unspecified atom stereocenters. The first kappa shape index (κ1) is 19.0. The van der Waals surface area contributed by atoms with Crippen molar-refractivity contribution in [3.63, 3.8) is 0 Å². The molecule has 1 heterocycles. The molecule has 1 atom stereocenters. The van der Waals surface area contributed by atoms with E-state index in [1.807, 2.05) is 13.8 Å². The summed E-state index contributed by atoms with van der Waals surface area (Å²) in [7, 11) is -5.08. The number of hydrogen-bond acceptors (Lipinski definition) is 7. The Morgan fingerprint density at radius 3 is 2.38 bits per heavy atom. The SMILES string of the molecule is COS(=O)(=O)CCCC1(C)C(C)=Nc2ccc(S(=O)(=O)OC)cc21. The summed E-state index contributed by atoms with van der Waals surface area (Å²) in [5.74, 6) is -0.0994. The summed E-state index contributed by atoms with van der Waals surface area (Å²) in [5, 5.41) is 0. The van der Waals surface area contributed by atoms with Gasteiger partial charge in [0.1, 0.15) is 0 Å². The van der Waals surface area contributed by atoms with E-state index in [1.54, 1.807) is 12.1 Å². The monoisotopic (exact) mass is 375 g/mol. The van der Waals surface area contributed by atoms with E-state index in [-0.39, 0.29) is 10.6 Å². The molecule has 1 aromatic rings. The van der Waals surface area contributed by atoms with Crippen LogP contribution in [0.3, 0.4) is 0 Å². The quantitative estimate of drug-likeness (QED) is 0.677. The lowest BCUT2D eigenvalue weighted by atomic mass is 9.76. The molecule has 134 valence electrons. The summed E-state index contributed by atoms with van der Waals surface area (Å²) in [6, 6.07) is 4.65. The normalized spacial score (nSPS) is 20.8. The molecule has 0 radical (unpaired) electrons. The Morgan fingerprint density at radius 2 is 1.79 bits per heavy atom. The van der Waals surface area contributed by atoms with Crippen molar-refractivity contribution in [2.75, 3.05) is 20.0 Å². The van der Waals surface area contributed by atoms with Crippen LogP contribution in [0, 0.1) is 0 Å². The minimum atomic E-state index is -3.80. The topological polar surface area (TPSA) is 99.1 Å². The van der Waals surface area contributed by atoms with E-state index < -0.39 is 25.7 Å². The highest BCUT2D eigenvalue weighted by Crippen LogP contribution is 2.44. The van der Waals surface area contributed by atoms with Crippen molar-refractivity contribution in [1.29, 1.82) is 0 Å². The summed E-state index contributed by atoms with van der Waals surface area (Å²) in [6.07, 6.45) is 0.884. The molecule has 0 aromatic heterocycles. The lowest BCUT2D eigenvalue weighted by Gasteiger charge is -2.26. The van der Waals surface area contributed by atoms with Gasteiger partial charge in [0.2, 0.25) is 0 Å². The third-order valence-corrected chi connectivity index (χ3v) is 7.05. The van der Waals surface area contributed by atoms with E-state index in [2.05, 4.69) is 13.4 Å². The maximum Gasteiger partial charge on any atom is 0.296 e. The van der Waals surface area contributed by atoms with Gasteiger partial charge in [-0.3, -0.25) is 13.4 Å².